The van der Waals surface area contributed by atoms with Gasteiger partial charge in [0.25, 0.3) is 0 Å². The number of hydrogen-bond donors (Lipinski definition) is 3. The van der Waals surface area contributed by atoms with Crippen molar-refractivity contribution in [1.29, 1.82) is 0 Å². The second kappa shape index (κ2) is 8.75. The number of pyridine rings is 1. The van der Waals surface area contributed by atoms with E-state index in [1.807, 2.05) is 0 Å². The largest absolute Gasteiger partial charge is 0.494 e. The van der Waals surface area contributed by atoms with E-state index >= 15 is 4.39 Å². The molecule has 4 aromatic rings. The molecule has 2 aromatic carbocycles. The fourth-order valence-corrected chi connectivity index (χ4v) is 4.01. The highest BCUT2D eigenvalue weighted by Crippen LogP contribution is 2.37. The number of halogens is 1. The van der Waals surface area contributed by atoms with Crippen LogP contribution in [0.3, 0.4) is 0 Å². The van der Waals surface area contributed by atoms with Gasteiger partial charge in [0, 0.05) is 22.7 Å². The van der Waals surface area contributed by atoms with Crippen LogP contribution in [-0.2, 0) is 10.0 Å². The number of anilines is 3. The molecule has 11 heteroatoms. The van der Waals surface area contributed by atoms with Gasteiger partial charge in [0.05, 0.1) is 18.0 Å². The number of rotatable bonds is 6. The van der Waals surface area contributed by atoms with Crippen molar-refractivity contribution >= 4 is 38.2 Å². The molecule has 0 aliphatic heterocycles. The maximum Gasteiger partial charge on any atom is 0.235 e. The molecule has 0 amide bonds. The van der Waals surface area contributed by atoms with Crippen LogP contribution >= 0.6 is 0 Å². The third kappa shape index (κ3) is 4.29. The summed E-state index contributed by atoms with van der Waals surface area (Å²) in [5.41, 5.74) is 13.4. The van der Waals surface area contributed by atoms with Crippen molar-refractivity contribution in [2.24, 2.45) is 0 Å². The number of ether oxygens (including phenoxy) is 1. The fourth-order valence-electron chi connectivity index (χ4n) is 3.31. The van der Waals surface area contributed by atoms with Crippen LogP contribution in [-0.4, -0.2) is 35.7 Å². The van der Waals surface area contributed by atoms with Crippen LogP contribution in [0.4, 0.5) is 21.7 Å². The standard InChI is InChI=1S/C23H23FN6O3S/c1-12(2)34(31,32)30-17-6-4-5-15(20(17)24)14-9-16-21(18(10-14)33-3)28-23(29-22(16)26)13-7-8-19(25)27-11-13/h4-12,30H,1-3H3,(H2,25,27)(H2,26,28,29). The van der Waals surface area contributed by atoms with E-state index in [0.29, 0.717) is 39.4 Å². The fraction of sp³-hybridized carbons (Fsp3) is 0.174. The minimum Gasteiger partial charge on any atom is -0.494 e. The highest BCUT2D eigenvalue weighted by atomic mass is 32.2. The van der Waals surface area contributed by atoms with Gasteiger partial charge >= 0.3 is 0 Å². The van der Waals surface area contributed by atoms with Crippen LogP contribution in [0.2, 0.25) is 0 Å². The number of nitrogens with zero attached hydrogens (tertiary/aromatic N) is 3. The Balaban J connectivity index is 1.85. The smallest absolute Gasteiger partial charge is 0.235 e. The summed E-state index contributed by atoms with van der Waals surface area (Å²) in [6.45, 7) is 3.02. The van der Waals surface area contributed by atoms with Crippen molar-refractivity contribution in [1.82, 2.24) is 15.0 Å². The summed E-state index contributed by atoms with van der Waals surface area (Å²) in [7, 11) is -2.27. The predicted molar refractivity (Wildman–Crippen MR) is 131 cm³/mol. The summed E-state index contributed by atoms with van der Waals surface area (Å²) in [4.78, 5) is 13.0. The normalized spacial score (nSPS) is 11.7. The van der Waals surface area contributed by atoms with Gasteiger partial charge in [0.1, 0.15) is 22.9 Å². The van der Waals surface area contributed by atoms with Crippen LogP contribution < -0.4 is 20.9 Å². The van der Waals surface area contributed by atoms with Gasteiger partial charge in [0.15, 0.2) is 11.6 Å². The summed E-state index contributed by atoms with van der Waals surface area (Å²) in [6.07, 6.45) is 1.54. The molecule has 0 bridgehead atoms. The molecular formula is C23H23FN6O3S. The first-order valence-corrected chi connectivity index (χ1v) is 11.8. The Morgan fingerprint density at radius 3 is 2.47 bits per heavy atom. The summed E-state index contributed by atoms with van der Waals surface area (Å²) >= 11 is 0. The minimum atomic E-state index is -3.73. The molecule has 0 saturated carbocycles. The first kappa shape index (κ1) is 23.2. The molecule has 9 nitrogen and oxygen atoms in total. The number of hydrogen-bond acceptors (Lipinski definition) is 8. The van der Waals surface area contributed by atoms with Gasteiger partial charge in [-0.25, -0.2) is 27.8 Å². The molecule has 0 saturated heterocycles. The lowest BCUT2D eigenvalue weighted by atomic mass is 10.0. The molecule has 0 fully saturated rings. The summed E-state index contributed by atoms with van der Waals surface area (Å²) < 4.78 is 47.7. The highest BCUT2D eigenvalue weighted by Gasteiger charge is 2.21. The molecule has 0 radical (unpaired) electrons. The number of nitrogens with two attached hydrogens (primary N) is 2. The van der Waals surface area contributed by atoms with E-state index in [9.17, 15) is 8.42 Å². The monoisotopic (exact) mass is 482 g/mol. The average molecular weight is 483 g/mol. The Kier molecular flexibility index (Phi) is 5.96. The van der Waals surface area contributed by atoms with Crippen molar-refractivity contribution in [3.8, 4) is 28.3 Å². The number of sulfonamides is 1. The molecule has 5 N–H and O–H groups in total. The van der Waals surface area contributed by atoms with E-state index in [1.54, 1.807) is 30.3 Å². The second-order valence-corrected chi connectivity index (χ2v) is 10.1. The van der Waals surface area contributed by atoms with Crippen LogP contribution in [0.15, 0.2) is 48.7 Å². The lowest BCUT2D eigenvalue weighted by molar-refractivity contribution is 0.419. The molecule has 2 heterocycles. The highest BCUT2D eigenvalue weighted by molar-refractivity contribution is 7.93. The second-order valence-electron chi connectivity index (χ2n) is 7.84. The molecule has 0 atom stereocenters. The van der Waals surface area contributed by atoms with E-state index in [-0.39, 0.29) is 17.1 Å². The molecule has 0 aliphatic carbocycles. The van der Waals surface area contributed by atoms with Gasteiger partial charge in [-0.1, -0.05) is 12.1 Å². The Morgan fingerprint density at radius 1 is 1.06 bits per heavy atom. The molecule has 176 valence electrons. The first-order chi connectivity index (χ1) is 16.1. The third-order valence-corrected chi connectivity index (χ3v) is 6.99. The number of benzene rings is 2. The lowest BCUT2D eigenvalue weighted by Crippen LogP contribution is -2.23. The Bertz CT molecular complexity index is 1490. The van der Waals surface area contributed by atoms with Gasteiger partial charge in [-0.2, -0.15) is 0 Å². The zero-order valence-electron chi connectivity index (χ0n) is 18.7. The summed E-state index contributed by atoms with van der Waals surface area (Å²) in [6, 6.07) is 11.1. The van der Waals surface area contributed by atoms with Crippen molar-refractivity contribution < 1.29 is 17.5 Å². The van der Waals surface area contributed by atoms with Gasteiger partial charge in [-0.15, -0.1) is 0 Å². The zero-order chi connectivity index (χ0) is 24.6. The van der Waals surface area contributed by atoms with Crippen molar-refractivity contribution in [3.05, 3.63) is 54.5 Å². The maximum absolute atomic E-state index is 15.4. The number of fused-ring (bicyclic) bond motifs is 1. The van der Waals surface area contributed by atoms with E-state index < -0.39 is 21.1 Å². The third-order valence-electron chi connectivity index (χ3n) is 5.24. The van der Waals surface area contributed by atoms with E-state index in [1.165, 1.54) is 39.3 Å². The average Bonchev–Trinajstić information content (AvgIpc) is 2.80. The number of nitrogens with one attached hydrogen (secondary N) is 1. The molecule has 0 spiro atoms. The Hall–Kier alpha value is -3.99. The zero-order valence-corrected chi connectivity index (χ0v) is 19.5. The van der Waals surface area contributed by atoms with Crippen LogP contribution in [0.1, 0.15) is 13.8 Å². The van der Waals surface area contributed by atoms with Crippen molar-refractivity contribution in [3.63, 3.8) is 0 Å². The predicted octanol–water partition coefficient (Wildman–Crippen LogP) is 3.82. The van der Waals surface area contributed by atoms with Crippen LogP contribution in [0.5, 0.6) is 5.75 Å². The number of aromatic nitrogens is 3. The van der Waals surface area contributed by atoms with Gasteiger partial charge in [0.2, 0.25) is 10.0 Å². The SMILES string of the molecule is COc1cc(-c2cccc(NS(=O)(=O)C(C)C)c2F)cc2c(N)nc(-c3ccc(N)nc3)nc12. The number of methoxy groups -OCH3 is 1. The van der Waals surface area contributed by atoms with Crippen LogP contribution in [0.25, 0.3) is 33.4 Å². The minimum absolute atomic E-state index is 0.152. The Morgan fingerprint density at radius 2 is 1.82 bits per heavy atom. The number of nitrogen functional groups attached to an aromatic ring is 2. The maximum atomic E-state index is 15.4. The lowest BCUT2D eigenvalue weighted by Gasteiger charge is -2.15. The molecule has 2 aromatic heterocycles. The molecule has 34 heavy (non-hydrogen) atoms. The Labute approximate surface area is 196 Å². The van der Waals surface area contributed by atoms with Crippen LogP contribution in [0, 0.1) is 5.82 Å². The molecular weight excluding hydrogens is 459 g/mol. The quantitative estimate of drug-likeness (QED) is 0.376. The first-order valence-electron chi connectivity index (χ1n) is 10.3. The van der Waals surface area contributed by atoms with Crippen molar-refractivity contribution in [2.75, 3.05) is 23.3 Å². The van der Waals surface area contributed by atoms with Crippen molar-refractivity contribution in [2.45, 2.75) is 19.1 Å². The summed E-state index contributed by atoms with van der Waals surface area (Å²) in [5, 5.41) is -0.271. The summed E-state index contributed by atoms with van der Waals surface area (Å²) in [5.74, 6) is 0.476. The van der Waals surface area contributed by atoms with Gasteiger partial charge in [-0.05, 0) is 49.7 Å². The van der Waals surface area contributed by atoms with E-state index in [2.05, 4.69) is 19.7 Å². The van der Waals surface area contributed by atoms with Gasteiger partial charge in [-0.3, -0.25) is 4.72 Å². The topological polar surface area (TPSA) is 146 Å². The van der Waals surface area contributed by atoms with Gasteiger partial charge < -0.3 is 16.2 Å². The molecule has 4 rings (SSSR count). The van der Waals surface area contributed by atoms with E-state index in [0.717, 1.165) is 0 Å². The van der Waals surface area contributed by atoms with E-state index in [4.69, 9.17) is 16.2 Å². The molecule has 0 aliphatic rings. The molecule has 0 unspecified atom stereocenters.